The van der Waals surface area contributed by atoms with Gasteiger partial charge in [0.25, 0.3) is 0 Å². The van der Waals surface area contributed by atoms with E-state index < -0.39 is 5.82 Å². The Kier molecular flexibility index (Phi) is 5.80. The van der Waals surface area contributed by atoms with Gasteiger partial charge in [0.05, 0.1) is 19.4 Å². The van der Waals surface area contributed by atoms with Crippen molar-refractivity contribution >= 4 is 17.3 Å². The average Bonchev–Trinajstić information content (AvgIpc) is 2.55. The molecule has 1 amide bonds. The maximum Gasteiger partial charge on any atom is 0.224 e. The number of halogens is 1. The minimum Gasteiger partial charge on any atom is -0.497 e. The number of amides is 1. The van der Waals surface area contributed by atoms with Gasteiger partial charge in [-0.05, 0) is 48.9 Å². The lowest BCUT2D eigenvalue weighted by atomic mass is 10.2. The Bertz CT molecular complexity index is 659. The Balaban J connectivity index is 1.70. The van der Waals surface area contributed by atoms with E-state index in [1.807, 2.05) is 0 Å². The van der Waals surface area contributed by atoms with E-state index in [1.165, 1.54) is 12.1 Å². The molecule has 0 unspecified atom stereocenters. The van der Waals surface area contributed by atoms with Gasteiger partial charge >= 0.3 is 0 Å². The highest BCUT2D eigenvalue weighted by atomic mass is 19.1. The summed E-state index contributed by atoms with van der Waals surface area (Å²) in [7, 11) is 1.60. The summed E-state index contributed by atoms with van der Waals surface area (Å²) in [4.78, 5) is 11.8. The molecule has 5 nitrogen and oxygen atoms in total. The summed E-state index contributed by atoms with van der Waals surface area (Å²) in [5.74, 6) is 0.720. The van der Waals surface area contributed by atoms with E-state index >= 15 is 0 Å². The number of nitrogens with one attached hydrogen (secondary N) is 1. The topological polar surface area (TPSA) is 73.6 Å². The lowest BCUT2D eigenvalue weighted by Crippen LogP contribution is -2.13. The largest absolute Gasteiger partial charge is 0.497 e. The quantitative estimate of drug-likeness (QED) is 0.607. The Morgan fingerprint density at radius 2 is 1.87 bits per heavy atom. The van der Waals surface area contributed by atoms with Gasteiger partial charge in [-0.15, -0.1) is 0 Å². The summed E-state index contributed by atoms with van der Waals surface area (Å²) in [6.45, 7) is 0.413. The van der Waals surface area contributed by atoms with Gasteiger partial charge in [0.15, 0.2) is 0 Å². The van der Waals surface area contributed by atoms with Crippen LogP contribution < -0.4 is 20.5 Å². The van der Waals surface area contributed by atoms with Gasteiger partial charge in [0.2, 0.25) is 5.91 Å². The molecule has 0 saturated carbocycles. The minimum atomic E-state index is -0.550. The highest BCUT2D eigenvalue weighted by Crippen LogP contribution is 2.18. The van der Waals surface area contributed by atoms with Crippen molar-refractivity contribution in [1.29, 1.82) is 0 Å². The molecule has 3 N–H and O–H groups in total. The third kappa shape index (κ3) is 5.18. The van der Waals surface area contributed by atoms with Crippen LogP contribution in [0.2, 0.25) is 0 Å². The Labute approximate surface area is 134 Å². The monoisotopic (exact) mass is 318 g/mol. The van der Waals surface area contributed by atoms with Crippen molar-refractivity contribution < 1.29 is 18.7 Å². The number of carbonyl (C=O) groups is 1. The van der Waals surface area contributed by atoms with E-state index in [1.54, 1.807) is 37.4 Å². The molecule has 23 heavy (non-hydrogen) atoms. The molecule has 2 aromatic carbocycles. The van der Waals surface area contributed by atoms with Crippen molar-refractivity contribution in [1.82, 2.24) is 0 Å². The van der Waals surface area contributed by atoms with Crippen LogP contribution in [-0.4, -0.2) is 19.6 Å². The number of benzene rings is 2. The van der Waals surface area contributed by atoms with E-state index in [-0.39, 0.29) is 18.0 Å². The predicted molar refractivity (Wildman–Crippen MR) is 87.2 cm³/mol. The first-order valence-electron chi connectivity index (χ1n) is 7.20. The fourth-order valence-electron chi connectivity index (χ4n) is 1.92. The predicted octanol–water partition coefficient (Wildman–Crippen LogP) is 3.21. The van der Waals surface area contributed by atoms with Crippen LogP contribution >= 0.6 is 0 Å². The van der Waals surface area contributed by atoms with Crippen molar-refractivity contribution in [3.8, 4) is 11.5 Å². The maximum absolute atomic E-state index is 13.3. The minimum absolute atomic E-state index is 0.0518. The first kappa shape index (κ1) is 16.6. The standard InChI is InChI=1S/C17H19FN2O3/c1-22-13-5-7-14(8-6-13)23-10-2-3-17(21)20-12-4-9-16(19)15(18)11-12/h4-9,11H,2-3,10,19H2,1H3,(H,20,21). The molecule has 0 aliphatic carbocycles. The summed E-state index contributed by atoms with van der Waals surface area (Å²) in [6.07, 6.45) is 0.831. The first-order chi connectivity index (χ1) is 11.1. The Hall–Kier alpha value is -2.76. The number of methoxy groups -OCH3 is 1. The molecule has 0 aromatic heterocycles. The molecule has 0 saturated heterocycles. The zero-order valence-corrected chi connectivity index (χ0v) is 12.8. The number of carbonyl (C=O) groups excluding carboxylic acids is 1. The van der Waals surface area contributed by atoms with Crippen molar-refractivity contribution in [3.05, 3.63) is 48.3 Å². The zero-order valence-electron chi connectivity index (χ0n) is 12.8. The second-order valence-corrected chi connectivity index (χ2v) is 4.91. The molecule has 2 aromatic rings. The molecule has 0 aliphatic rings. The molecule has 0 atom stereocenters. The van der Waals surface area contributed by atoms with Crippen LogP contribution in [0.15, 0.2) is 42.5 Å². The van der Waals surface area contributed by atoms with Crippen LogP contribution in [0.3, 0.4) is 0 Å². The molecular formula is C17H19FN2O3. The van der Waals surface area contributed by atoms with Gasteiger partial charge in [0, 0.05) is 12.1 Å². The average molecular weight is 318 g/mol. The zero-order chi connectivity index (χ0) is 16.7. The number of hydrogen-bond acceptors (Lipinski definition) is 4. The van der Waals surface area contributed by atoms with Crippen molar-refractivity contribution in [2.45, 2.75) is 12.8 Å². The van der Waals surface area contributed by atoms with Crippen LogP contribution in [0.25, 0.3) is 0 Å². The molecule has 2 rings (SSSR count). The lowest BCUT2D eigenvalue weighted by Gasteiger charge is -2.08. The highest BCUT2D eigenvalue weighted by Gasteiger charge is 2.05. The second-order valence-electron chi connectivity index (χ2n) is 4.91. The molecule has 0 bridgehead atoms. The van der Waals surface area contributed by atoms with Gasteiger partial charge in [-0.3, -0.25) is 4.79 Å². The normalized spacial score (nSPS) is 10.2. The number of rotatable bonds is 7. The summed E-state index contributed by atoms with van der Waals surface area (Å²) >= 11 is 0. The van der Waals surface area contributed by atoms with Crippen molar-refractivity contribution in [3.63, 3.8) is 0 Å². The smallest absolute Gasteiger partial charge is 0.224 e. The van der Waals surface area contributed by atoms with E-state index in [0.717, 1.165) is 5.75 Å². The van der Waals surface area contributed by atoms with Crippen molar-refractivity contribution in [2.75, 3.05) is 24.8 Å². The Morgan fingerprint density at radius 3 is 2.52 bits per heavy atom. The molecule has 0 heterocycles. The number of nitrogens with two attached hydrogens (primary N) is 1. The van der Waals surface area contributed by atoms with Gasteiger partial charge in [-0.2, -0.15) is 0 Å². The van der Waals surface area contributed by atoms with E-state index in [9.17, 15) is 9.18 Å². The highest BCUT2D eigenvalue weighted by molar-refractivity contribution is 5.90. The lowest BCUT2D eigenvalue weighted by molar-refractivity contribution is -0.116. The number of nitrogen functional groups attached to an aromatic ring is 1. The summed E-state index contributed by atoms with van der Waals surface area (Å²) in [5.41, 5.74) is 5.82. The molecule has 122 valence electrons. The van der Waals surface area contributed by atoms with Gasteiger partial charge in [-0.25, -0.2) is 4.39 Å². The number of anilines is 2. The maximum atomic E-state index is 13.3. The van der Waals surface area contributed by atoms with E-state index in [0.29, 0.717) is 24.5 Å². The number of ether oxygens (including phenoxy) is 2. The Morgan fingerprint density at radius 1 is 1.17 bits per heavy atom. The number of hydrogen-bond donors (Lipinski definition) is 2. The first-order valence-corrected chi connectivity index (χ1v) is 7.20. The summed E-state index contributed by atoms with van der Waals surface area (Å²) in [5, 5.41) is 2.62. The molecule has 0 fully saturated rings. The van der Waals surface area contributed by atoms with Crippen molar-refractivity contribution in [2.24, 2.45) is 0 Å². The molecule has 6 heteroatoms. The van der Waals surface area contributed by atoms with Gasteiger partial charge < -0.3 is 20.5 Å². The van der Waals surface area contributed by atoms with Gasteiger partial charge in [-0.1, -0.05) is 0 Å². The van der Waals surface area contributed by atoms with Crippen LogP contribution in [0, 0.1) is 5.82 Å². The van der Waals surface area contributed by atoms with Crippen LogP contribution in [0.4, 0.5) is 15.8 Å². The molecular weight excluding hydrogens is 299 g/mol. The SMILES string of the molecule is COc1ccc(OCCCC(=O)Nc2ccc(N)c(F)c2)cc1. The van der Waals surface area contributed by atoms with E-state index in [4.69, 9.17) is 15.2 Å². The summed E-state index contributed by atoms with van der Waals surface area (Å²) < 4.78 is 23.9. The second kappa shape index (κ2) is 8.03. The van der Waals surface area contributed by atoms with Gasteiger partial charge in [0.1, 0.15) is 17.3 Å². The third-order valence-corrected chi connectivity index (χ3v) is 3.16. The van der Waals surface area contributed by atoms with Crippen LogP contribution in [0.5, 0.6) is 11.5 Å². The fraction of sp³-hybridized carbons (Fsp3) is 0.235. The van der Waals surface area contributed by atoms with Crippen LogP contribution in [0.1, 0.15) is 12.8 Å². The van der Waals surface area contributed by atoms with E-state index in [2.05, 4.69) is 5.32 Å². The third-order valence-electron chi connectivity index (χ3n) is 3.16. The fourth-order valence-corrected chi connectivity index (χ4v) is 1.92. The molecule has 0 spiro atoms. The summed E-state index contributed by atoms with van der Waals surface area (Å²) in [6, 6.07) is 11.4. The molecule has 0 aliphatic heterocycles. The molecule has 0 radical (unpaired) electrons. The van der Waals surface area contributed by atoms with Crippen LogP contribution in [-0.2, 0) is 4.79 Å².